The molecule has 2 aromatic heterocycles. The number of pyridine rings is 1. The van der Waals surface area contributed by atoms with Gasteiger partial charge < -0.3 is 10.3 Å². The van der Waals surface area contributed by atoms with Crippen molar-refractivity contribution in [1.29, 1.82) is 5.26 Å². The van der Waals surface area contributed by atoms with Crippen molar-refractivity contribution >= 4 is 21.8 Å². The fourth-order valence-corrected chi connectivity index (χ4v) is 3.47. The lowest BCUT2D eigenvalue weighted by molar-refractivity contribution is 0.623. The molecule has 4 rings (SSSR count). The number of benzene rings is 2. The van der Waals surface area contributed by atoms with Crippen molar-refractivity contribution in [3.8, 4) is 6.07 Å². The van der Waals surface area contributed by atoms with E-state index in [1.165, 1.54) is 21.9 Å². The predicted molar refractivity (Wildman–Crippen MR) is 109 cm³/mol. The summed E-state index contributed by atoms with van der Waals surface area (Å²) in [5.41, 5.74) is 5.37. The molecular formula is C23H22N4. The first-order chi connectivity index (χ1) is 13.3. The van der Waals surface area contributed by atoms with E-state index in [2.05, 4.69) is 39.7 Å². The SMILES string of the molecule is N#Cc1ccc2[nH]cc(CCCCNCc3cnc4ccccc4c3)c2c1. The van der Waals surface area contributed by atoms with Crippen LogP contribution in [0.3, 0.4) is 0 Å². The Morgan fingerprint density at radius 3 is 2.93 bits per heavy atom. The number of hydrogen-bond donors (Lipinski definition) is 2. The van der Waals surface area contributed by atoms with E-state index in [0.29, 0.717) is 5.56 Å². The number of nitrogens with one attached hydrogen (secondary N) is 2. The van der Waals surface area contributed by atoms with Gasteiger partial charge in [0, 0.05) is 35.2 Å². The van der Waals surface area contributed by atoms with Crippen molar-refractivity contribution in [3.63, 3.8) is 0 Å². The third kappa shape index (κ3) is 3.99. The summed E-state index contributed by atoms with van der Waals surface area (Å²) in [5, 5.41) is 14.9. The Morgan fingerprint density at radius 2 is 2.00 bits per heavy atom. The van der Waals surface area contributed by atoms with Gasteiger partial charge in [-0.3, -0.25) is 4.98 Å². The molecule has 4 aromatic rings. The summed E-state index contributed by atoms with van der Waals surface area (Å²) in [6.45, 7) is 1.83. The molecule has 0 saturated heterocycles. The summed E-state index contributed by atoms with van der Waals surface area (Å²) in [6.07, 6.45) is 7.28. The zero-order chi connectivity index (χ0) is 18.5. The minimum Gasteiger partial charge on any atom is -0.361 e. The molecular weight excluding hydrogens is 332 g/mol. The van der Waals surface area contributed by atoms with Gasteiger partial charge in [-0.15, -0.1) is 0 Å². The smallest absolute Gasteiger partial charge is 0.0991 e. The van der Waals surface area contributed by atoms with Crippen LogP contribution in [-0.4, -0.2) is 16.5 Å². The molecule has 2 aromatic carbocycles. The molecule has 27 heavy (non-hydrogen) atoms. The summed E-state index contributed by atoms with van der Waals surface area (Å²) in [6, 6.07) is 18.4. The van der Waals surface area contributed by atoms with Crippen LogP contribution in [0.5, 0.6) is 0 Å². The van der Waals surface area contributed by atoms with Crippen LogP contribution in [0.25, 0.3) is 21.8 Å². The molecule has 4 nitrogen and oxygen atoms in total. The first-order valence-electron chi connectivity index (χ1n) is 9.38. The van der Waals surface area contributed by atoms with E-state index in [0.717, 1.165) is 43.4 Å². The van der Waals surface area contributed by atoms with Gasteiger partial charge in [-0.25, -0.2) is 0 Å². The van der Waals surface area contributed by atoms with Crippen LogP contribution in [0.2, 0.25) is 0 Å². The molecule has 0 amide bonds. The lowest BCUT2D eigenvalue weighted by Crippen LogP contribution is -2.15. The van der Waals surface area contributed by atoms with Crippen LogP contribution < -0.4 is 5.32 Å². The molecule has 4 heteroatoms. The van der Waals surface area contributed by atoms with Crippen molar-refractivity contribution in [2.75, 3.05) is 6.54 Å². The average molecular weight is 354 g/mol. The lowest BCUT2D eigenvalue weighted by Gasteiger charge is -2.06. The van der Waals surface area contributed by atoms with Crippen LogP contribution in [0.15, 0.2) is 60.9 Å². The Hall–Kier alpha value is -3.16. The van der Waals surface area contributed by atoms with Gasteiger partial charge in [-0.05, 0) is 67.3 Å². The summed E-state index contributed by atoms with van der Waals surface area (Å²) >= 11 is 0. The third-order valence-corrected chi connectivity index (χ3v) is 4.92. The average Bonchev–Trinajstić information content (AvgIpc) is 3.12. The van der Waals surface area contributed by atoms with Gasteiger partial charge in [-0.1, -0.05) is 18.2 Å². The van der Waals surface area contributed by atoms with E-state index >= 15 is 0 Å². The molecule has 0 aliphatic heterocycles. The Bertz CT molecular complexity index is 1100. The number of unbranched alkanes of at least 4 members (excludes halogenated alkanes) is 1. The number of aromatic amines is 1. The molecule has 0 aliphatic rings. The van der Waals surface area contributed by atoms with Crippen LogP contribution in [-0.2, 0) is 13.0 Å². The Kier molecular flexibility index (Phi) is 5.13. The molecule has 0 bridgehead atoms. The standard InChI is InChI=1S/C23H22N4/c24-13-17-8-9-23-21(12-17)20(16-27-23)6-3-4-10-25-14-18-11-19-5-1-2-7-22(19)26-15-18/h1-2,5,7-9,11-12,15-16,25,27H,3-4,6,10,14H2. The minimum absolute atomic E-state index is 0.717. The number of fused-ring (bicyclic) bond motifs is 2. The number of para-hydroxylation sites is 1. The summed E-state index contributed by atoms with van der Waals surface area (Å²) < 4.78 is 0. The largest absolute Gasteiger partial charge is 0.361 e. The summed E-state index contributed by atoms with van der Waals surface area (Å²) in [7, 11) is 0. The second-order valence-electron chi connectivity index (χ2n) is 6.86. The van der Waals surface area contributed by atoms with Crippen LogP contribution in [0.4, 0.5) is 0 Å². The Balaban J connectivity index is 1.25. The van der Waals surface area contributed by atoms with E-state index < -0.39 is 0 Å². The topological polar surface area (TPSA) is 64.5 Å². The highest BCUT2D eigenvalue weighted by Crippen LogP contribution is 2.21. The van der Waals surface area contributed by atoms with Crippen LogP contribution in [0, 0.1) is 11.3 Å². The highest BCUT2D eigenvalue weighted by molar-refractivity contribution is 5.84. The van der Waals surface area contributed by atoms with E-state index in [1.807, 2.05) is 42.6 Å². The van der Waals surface area contributed by atoms with Gasteiger partial charge in [0.05, 0.1) is 17.1 Å². The van der Waals surface area contributed by atoms with Gasteiger partial charge in [0.25, 0.3) is 0 Å². The molecule has 2 N–H and O–H groups in total. The van der Waals surface area contributed by atoms with Gasteiger partial charge in [0.1, 0.15) is 0 Å². The van der Waals surface area contributed by atoms with Crippen molar-refractivity contribution in [1.82, 2.24) is 15.3 Å². The van der Waals surface area contributed by atoms with Crippen molar-refractivity contribution in [2.24, 2.45) is 0 Å². The van der Waals surface area contributed by atoms with Gasteiger partial charge in [0.15, 0.2) is 0 Å². The number of nitriles is 1. The minimum atomic E-state index is 0.717. The van der Waals surface area contributed by atoms with E-state index in [4.69, 9.17) is 5.26 Å². The molecule has 0 fully saturated rings. The lowest BCUT2D eigenvalue weighted by atomic mass is 10.1. The Morgan fingerprint density at radius 1 is 1.07 bits per heavy atom. The zero-order valence-corrected chi connectivity index (χ0v) is 15.2. The van der Waals surface area contributed by atoms with Gasteiger partial charge >= 0.3 is 0 Å². The third-order valence-electron chi connectivity index (χ3n) is 4.92. The fraction of sp³-hybridized carbons (Fsp3) is 0.217. The Labute approximate surface area is 158 Å². The summed E-state index contributed by atoms with van der Waals surface area (Å²) in [4.78, 5) is 7.80. The molecule has 134 valence electrons. The number of hydrogen-bond acceptors (Lipinski definition) is 3. The van der Waals surface area contributed by atoms with Crippen molar-refractivity contribution in [2.45, 2.75) is 25.8 Å². The number of H-pyrrole nitrogens is 1. The number of aromatic nitrogens is 2. The zero-order valence-electron chi connectivity index (χ0n) is 15.2. The van der Waals surface area contributed by atoms with Gasteiger partial charge in [-0.2, -0.15) is 5.26 Å². The maximum atomic E-state index is 9.08. The number of aryl methyl sites for hydroxylation is 1. The molecule has 0 unspecified atom stereocenters. The molecule has 0 aliphatic carbocycles. The second-order valence-corrected chi connectivity index (χ2v) is 6.86. The number of rotatable bonds is 7. The van der Waals surface area contributed by atoms with E-state index in [9.17, 15) is 0 Å². The van der Waals surface area contributed by atoms with Crippen LogP contribution in [0.1, 0.15) is 29.5 Å². The maximum Gasteiger partial charge on any atom is 0.0991 e. The number of nitrogens with zero attached hydrogens (tertiary/aromatic N) is 2. The van der Waals surface area contributed by atoms with Crippen molar-refractivity contribution in [3.05, 3.63) is 77.6 Å². The van der Waals surface area contributed by atoms with E-state index in [1.54, 1.807) is 0 Å². The highest BCUT2D eigenvalue weighted by Gasteiger charge is 2.05. The molecule has 0 spiro atoms. The second kappa shape index (κ2) is 8.03. The highest BCUT2D eigenvalue weighted by atomic mass is 14.8. The first-order valence-corrected chi connectivity index (χ1v) is 9.38. The summed E-state index contributed by atoms with van der Waals surface area (Å²) in [5.74, 6) is 0. The van der Waals surface area contributed by atoms with E-state index in [-0.39, 0.29) is 0 Å². The normalized spacial score (nSPS) is 11.1. The van der Waals surface area contributed by atoms with Crippen molar-refractivity contribution < 1.29 is 0 Å². The quantitative estimate of drug-likeness (QED) is 0.473. The molecule has 2 heterocycles. The maximum absolute atomic E-state index is 9.08. The van der Waals surface area contributed by atoms with Crippen LogP contribution >= 0.6 is 0 Å². The predicted octanol–water partition coefficient (Wildman–Crippen LogP) is 4.70. The molecule has 0 saturated carbocycles. The monoisotopic (exact) mass is 354 g/mol. The van der Waals surface area contributed by atoms with Gasteiger partial charge in [0.2, 0.25) is 0 Å². The fourth-order valence-electron chi connectivity index (χ4n) is 3.47. The first kappa shape index (κ1) is 17.3. The molecule has 0 radical (unpaired) electrons. The molecule has 0 atom stereocenters.